The van der Waals surface area contributed by atoms with E-state index in [1.54, 1.807) is 0 Å². The maximum Gasteiger partial charge on any atom is 0.243 e. The van der Waals surface area contributed by atoms with Crippen LogP contribution in [-0.2, 0) is 6.54 Å². The fraction of sp³-hybridized carbons (Fsp3) is 0.875. The smallest absolute Gasteiger partial charge is 0.237 e. The number of imidazole rings is 1. The lowest BCUT2D eigenvalue weighted by atomic mass is 10.1. The Kier molecular flexibility index (Phi) is 14.7. The average molecular weight is 364 g/mol. The van der Waals surface area contributed by atoms with Crippen molar-refractivity contribution in [3.05, 3.63) is 18.7 Å². The monoisotopic (exact) mass is 363 g/mol. The number of hydrogen-bond acceptors (Lipinski definition) is 0. The van der Waals surface area contributed by atoms with E-state index in [9.17, 15) is 0 Å². The van der Waals surface area contributed by atoms with Crippen LogP contribution in [0.2, 0.25) is 0 Å². The largest absolute Gasteiger partial charge is 0.243 e. The van der Waals surface area contributed by atoms with Gasteiger partial charge in [-0.25, -0.2) is 9.13 Å². The van der Waals surface area contributed by atoms with Gasteiger partial charge in [-0.3, -0.25) is 0 Å². The predicted octanol–water partition coefficient (Wildman–Crippen LogP) is 7.62. The van der Waals surface area contributed by atoms with E-state index in [4.69, 9.17) is 0 Å². The SMILES string of the molecule is CCCCCCCCCC[n+]1ccn(C(C)CCCCCCCCC)c1. The fourth-order valence-electron chi connectivity index (χ4n) is 3.78. The molecule has 152 valence electrons. The summed E-state index contributed by atoms with van der Waals surface area (Å²) in [7, 11) is 0. The quantitative estimate of drug-likeness (QED) is 0.187. The van der Waals surface area contributed by atoms with Gasteiger partial charge < -0.3 is 0 Å². The molecule has 0 saturated carbocycles. The first-order valence-corrected chi connectivity index (χ1v) is 11.8. The summed E-state index contributed by atoms with van der Waals surface area (Å²) < 4.78 is 4.81. The van der Waals surface area contributed by atoms with Gasteiger partial charge in [0.15, 0.2) is 0 Å². The Morgan fingerprint density at radius 1 is 0.692 bits per heavy atom. The van der Waals surface area contributed by atoms with Crippen LogP contribution in [0.15, 0.2) is 18.7 Å². The van der Waals surface area contributed by atoms with Gasteiger partial charge in [-0.15, -0.1) is 0 Å². The van der Waals surface area contributed by atoms with E-state index in [0.717, 1.165) is 0 Å². The van der Waals surface area contributed by atoms with Gasteiger partial charge in [0.1, 0.15) is 12.4 Å². The van der Waals surface area contributed by atoms with Crippen LogP contribution in [0.25, 0.3) is 0 Å². The third kappa shape index (κ3) is 11.8. The molecule has 1 aromatic heterocycles. The molecule has 0 radical (unpaired) electrons. The van der Waals surface area contributed by atoms with Crippen molar-refractivity contribution in [2.45, 2.75) is 136 Å². The van der Waals surface area contributed by atoms with Crippen molar-refractivity contribution in [2.75, 3.05) is 0 Å². The Bertz CT molecular complexity index is 410. The molecule has 0 aromatic carbocycles. The third-order valence-corrected chi connectivity index (χ3v) is 5.72. The van der Waals surface area contributed by atoms with Crippen molar-refractivity contribution < 1.29 is 4.57 Å². The number of aromatic nitrogens is 2. The highest BCUT2D eigenvalue weighted by Crippen LogP contribution is 2.16. The molecule has 0 saturated heterocycles. The van der Waals surface area contributed by atoms with E-state index < -0.39 is 0 Å². The van der Waals surface area contributed by atoms with E-state index in [0.29, 0.717) is 6.04 Å². The van der Waals surface area contributed by atoms with Crippen LogP contribution in [0.1, 0.15) is 130 Å². The molecule has 0 aliphatic carbocycles. The van der Waals surface area contributed by atoms with Crippen LogP contribution < -0.4 is 4.57 Å². The summed E-state index contributed by atoms with van der Waals surface area (Å²) in [6.45, 7) is 8.14. The third-order valence-electron chi connectivity index (χ3n) is 5.72. The molecular weight excluding hydrogens is 316 g/mol. The Hall–Kier alpha value is -0.790. The summed E-state index contributed by atoms with van der Waals surface area (Å²) in [5, 5.41) is 0. The highest BCUT2D eigenvalue weighted by Gasteiger charge is 2.11. The molecule has 2 heteroatoms. The van der Waals surface area contributed by atoms with Gasteiger partial charge in [0.2, 0.25) is 6.33 Å². The highest BCUT2D eigenvalue weighted by atomic mass is 15.1. The molecular formula is C24H47N2+. The molecule has 1 unspecified atom stereocenters. The van der Waals surface area contributed by atoms with Gasteiger partial charge in [0, 0.05) is 0 Å². The highest BCUT2D eigenvalue weighted by molar-refractivity contribution is 4.72. The molecule has 0 spiro atoms. The van der Waals surface area contributed by atoms with Crippen LogP contribution in [-0.4, -0.2) is 4.57 Å². The van der Waals surface area contributed by atoms with Crippen molar-refractivity contribution in [3.63, 3.8) is 0 Å². The Balaban J connectivity index is 2.04. The molecule has 0 bridgehead atoms. The van der Waals surface area contributed by atoms with Crippen molar-refractivity contribution in [1.29, 1.82) is 0 Å². The van der Waals surface area contributed by atoms with Gasteiger partial charge >= 0.3 is 0 Å². The van der Waals surface area contributed by atoms with Gasteiger partial charge in [-0.1, -0.05) is 90.9 Å². The van der Waals surface area contributed by atoms with Crippen LogP contribution in [0, 0.1) is 0 Å². The Morgan fingerprint density at radius 3 is 1.77 bits per heavy atom. The first kappa shape index (κ1) is 23.2. The molecule has 0 aliphatic heterocycles. The van der Waals surface area contributed by atoms with Crippen LogP contribution >= 0.6 is 0 Å². The van der Waals surface area contributed by atoms with Gasteiger partial charge in [0.25, 0.3) is 0 Å². The molecule has 1 rings (SSSR count). The van der Waals surface area contributed by atoms with Crippen molar-refractivity contribution in [3.8, 4) is 0 Å². The van der Waals surface area contributed by atoms with Crippen molar-refractivity contribution >= 4 is 0 Å². The zero-order valence-electron chi connectivity index (χ0n) is 18.2. The van der Waals surface area contributed by atoms with Crippen LogP contribution in [0.4, 0.5) is 0 Å². The minimum Gasteiger partial charge on any atom is -0.237 e. The lowest BCUT2D eigenvalue weighted by molar-refractivity contribution is -0.697. The molecule has 1 heterocycles. The molecule has 0 N–H and O–H groups in total. The average Bonchev–Trinajstić information content (AvgIpc) is 3.12. The number of rotatable bonds is 18. The Labute approximate surface area is 164 Å². The minimum atomic E-state index is 0.644. The lowest BCUT2D eigenvalue weighted by Gasteiger charge is -2.07. The maximum atomic E-state index is 2.42. The summed E-state index contributed by atoms with van der Waals surface area (Å²) in [6, 6.07) is 0.644. The molecule has 0 fully saturated rings. The predicted molar refractivity (Wildman–Crippen MR) is 115 cm³/mol. The zero-order valence-corrected chi connectivity index (χ0v) is 18.2. The van der Waals surface area contributed by atoms with E-state index in [1.807, 2.05) is 0 Å². The molecule has 0 amide bonds. The van der Waals surface area contributed by atoms with E-state index >= 15 is 0 Å². The molecule has 2 nitrogen and oxygen atoms in total. The van der Waals surface area contributed by atoms with E-state index in [-0.39, 0.29) is 0 Å². The summed E-state index contributed by atoms with van der Waals surface area (Å²) in [5.41, 5.74) is 0. The molecule has 0 aliphatic rings. The van der Waals surface area contributed by atoms with Crippen molar-refractivity contribution in [1.82, 2.24) is 4.57 Å². The standard InChI is InChI=1S/C24H47N2/c1-4-6-8-10-12-14-16-18-20-25-21-22-26(23-25)24(3)19-17-15-13-11-9-7-5-2/h21-24H,4-20H2,1-3H3/q+1. The number of hydrogen-bond donors (Lipinski definition) is 0. The summed E-state index contributed by atoms with van der Waals surface area (Å²) in [5.74, 6) is 0. The normalized spacial score (nSPS) is 12.6. The van der Waals surface area contributed by atoms with Crippen LogP contribution in [0.5, 0.6) is 0 Å². The molecule has 1 atom stereocenters. The molecule has 26 heavy (non-hydrogen) atoms. The van der Waals surface area contributed by atoms with Gasteiger partial charge in [-0.2, -0.15) is 0 Å². The Morgan fingerprint density at radius 2 is 1.19 bits per heavy atom. The van der Waals surface area contributed by atoms with Crippen LogP contribution in [0.3, 0.4) is 0 Å². The summed E-state index contributed by atoms with van der Waals surface area (Å²) in [6.07, 6.45) is 29.2. The second-order valence-corrected chi connectivity index (χ2v) is 8.33. The van der Waals surface area contributed by atoms with Crippen molar-refractivity contribution in [2.24, 2.45) is 0 Å². The van der Waals surface area contributed by atoms with E-state index in [1.165, 1.54) is 109 Å². The zero-order chi connectivity index (χ0) is 18.9. The number of aryl methyl sites for hydroxylation is 1. The minimum absolute atomic E-state index is 0.644. The molecule has 1 aromatic rings. The first-order valence-electron chi connectivity index (χ1n) is 11.8. The number of nitrogens with zero attached hydrogens (tertiary/aromatic N) is 2. The summed E-state index contributed by atoms with van der Waals surface area (Å²) >= 11 is 0. The second-order valence-electron chi connectivity index (χ2n) is 8.33. The summed E-state index contributed by atoms with van der Waals surface area (Å²) in [4.78, 5) is 0. The lowest BCUT2D eigenvalue weighted by Crippen LogP contribution is -2.31. The second kappa shape index (κ2) is 16.4. The van der Waals surface area contributed by atoms with Gasteiger partial charge in [-0.05, 0) is 32.6 Å². The maximum absolute atomic E-state index is 2.42. The van der Waals surface area contributed by atoms with E-state index in [2.05, 4.69) is 48.6 Å². The topological polar surface area (TPSA) is 8.81 Å². The fourth-order valence-corrected chi connectivity index (χ4v) is 3.78. The first-order chi connectivity index (χ1) is 12.8. The number of unbranched alkanes of at least 4 members (excludes halogenated alkanes) is 13. The van der Waals surface area contributed by atoms with Gasteiger partial charge in [0.05, 0.1) is 12.6 Å².